The predicted molar refractivity (Wildman–Crippen MR) is 97.2 cm³/mol. The van der Waals surface area contributed by atoms with Crippen molar-refractivity contribution in [1.29, 1.82) is 10.5 Å². The second-order valence-electron chi connectivity index (χ2n) is 6.52. The van der Waals surface area contributed by atoms with E-state index in [1.165, 1.54) is 6.92 Å². The van der Waals surface area contributed by atoms with Gasteiger partial charge < -0.3 is 20.5 Å². The van der Waals surface area contributed by atoms with Gasteiger partial charge in [0.15, 0.2) is 5.41 Å². The Bertz CT molecular complexity index is 876. The van der Waals surface area contributed by atoms with Crippen molar-refractivity contribution in [3.8, 4) is 12.1 Å². The van der Waals surface area contributed by atoms with Gasteiger partial charge in [-0.1, -0.05) is 12.1 Å². The Kier molecular flexibility index (Phi) is 4.43. The van der Waals surface area contributed by atoms with Crippen LogP contribution in [0.15, 0.2) is 29.3 Å². The van der Waals surface area contributed by atoms with Crippen LogP contribution in [-0.2, 0) is 14.3 Å². The van der Waals surface area contributed by atoms with E-state index in [2.05, 4.69) is 22.4 Å². The van der Waals surface area contributed by atoms with E-state index < -0.39 is 22.7 Å². The van der Waals surface area contributed by atoms with Crippen LogP contribution >= 0.6 is 0 Å². The molecular formula is C19H21N5O3. The number of amides is 1. The van der Waals surface area contributed by atoms with E-state index >= 15 is 0 Å². The van der Waals surface area contributed by atoms with Crippen LogP contribution in [-0.4, -0.2) is 30.9 Å². The van der Waals surface area contributed by atoms with E-state index in [1.54, 1.807) is 38.1 Å². The Morgan fingerprint density at radius 3 is 2.26 bits per heavy atom. The molecule has 0 aromatic heterocycles. The third-order valence-corrected chi connectivity index (χ3v) is 5.17. The number of carbonyl (C=O) groups excluding carboxylic acids is 1. The predicted octanol–water partition coefficient (Wildman–Crippen LogP) is 1.86. The maximum absolute atomic E-state index is 11.2. The molecule has 1 amide bonds. The first-order chi connectivity index (χ1) is 12.9. The summed E-state index contributed by atoms with van der Waals surface area (Å²) < 4.78 is 11.6. The van der Waals surface area contributed by atoms with Gasteiger partial charge in [0.1, 0.15) is 11.3 Å². The number of nitrogens with zero attached hydrogens (tertiary/aromatic N) is 3. The lowest BCUT2D eigenvalue weighted by atomic mass is 9.93. The molecule has 0 spiro atoms. The highest BCUT2D eigenvalue weighted by atomic mass is 16.7. The van der Waals surface area contributed by atoms with Crippen molar-refractivity contribution in [2.45, 2.75) is 32.6 Å². The monoisotopic (exact) mass is 367 g/mol. The van der Waals surface area contributed by atoms with Gasteiger partial charge in [-0.15, -0.1) is 0 Å². The molecule has 1 aromatic carbocycles. The van der Waals surface area contributed by atoms with Crippen LogP contribution < -0.4 is 11.1 Å². The Labute approximate surface area is 157 Å². The maximum Gasteiger partial charge on any atom is 0.293 e. The largest absolute Gasteiger partial charge is 0.386 e. The van der Waals surface area contributed by atoms with Crippen molar-refractivity contribution in [3.05, 3.63) is 29.8 Å². The lowest BCUT2D eigenvalue weighted by Crippen LogP contribution is -2.43. The molecule has 3 rings (SSSR count). The van der Waals surface area contributed by atoms with Gasteiger partial charge in [-0.05, 0) is 31.5 Å². The number of rotatable bonds is 6. The van der Waals surface area contributed by atoms with E-state index in [0.717, 1.165) is 5.56 Å². The molecule has 3 N–H and O–H groups in total. The first-order valence-electron chi connectivity index (χ1n) is 8.72. The smallest absolute Gasteiger partial charge is 0.293 e. The van der Waals surface area contributed by atoms with Crippen LogP contribution in [0.2, 0.25) is 0 Å². The molecule has 1 aliphatic heterocycles. The maximum atomic E-state index is 11.2. The molecule has 0 radical (unpaired) electrons. The van der Waals surface area contributed by atoms with E-state index in [-0.39, 0.29) is 25.0 Å². The SMILES string of the molecule is CCOC1(OCC)N=C(N)[C@@]2(C#N)[C@@H](c3ccc(NC(C)=O)cc3)[C@]12C#N. The molecule has 1 fully saturated rings. The van der Waals surface area contributed by atoms with Gasteiger partial charge in [-0.2, -0.15) is 10.5 Å². The highest BCUT2D eigenvalue weighted by Crippen LogP contribution is 2.81. The average Bonchev–Trinajstić information content (AvgIpc) is 3.21. The number of nitriles is 2. The summed E-state index contributed by atoms with van der Waals surface area (Å²) in [6.07, 6.45) is 0. The molecule has 0 saturated heterocycles. The fraction of sp³-hybridized carbons (Fsp3) is 0.474. The summed E-state index contributed by atoms with van der Waals surface area (Å²) >= 11 is 0. The molecule has 8 heteroatoms. The van der Waals surface area contributed by atoms with E-state index in [4.69, 9.17) is 15.2 Å². The number of hydrogen-bond acceptors (Lipinski definition) is 7. The summed E-state index contributed by atoms with van der Waals surface area (Å²) in [5, 5.41) is 22.8. The minimum Gasteiger partial charge on any atom is -0.386 e. The normalized spacial score (nSPS) is 29.8. The van der Waals surface area contributed by atoms with E-state index in [0.29, 0.717) is 5.69 Å². The Morgan fingerprint density at radius 2 is 1.81 bits per heavy atom. The zero-order valence-corrected chi connectivity index (χ0v) is 15.4. The number of carbonyl (C=O) groups is 1. The number of hydrogen-bond donors (Lipinski definition) is 2. The fourth-order valence-electron chi connectivity index (χ4n) is 4.21. The van der Waals surface area contributed by atoms with Crippen LogP contribution in [0.3, 0.4) is 0 Å². The zero-order valence-electron chi connectivity index (χ0n) is 15.4. The van der Waals surface area contributed by atoms with Crippen molar-refractivity contribution in [2.24, 2.45) is 21.6 Å². The molecule has 2 aliphatic rings. The number of anilines is 1. The molecule has 3 atom stereocenters. The first kappa shape index (κ1) is 18.8. The lowest BCUT2D eigenvalue weighted by Gasteiger charge is -2.31. The van der Waals surface area contributed by atoms with E-state index in [9.17, 15) is 15.3 Å². The molecule has 1 saturated carbocycles. The number of nitrogens with one attached hydrogen (secondary N) is 1. The van der Waals surface area contributed by atoms with Gasteiger partial charge in [0.05, 0.1) is 12.1 Å². The van der Waals surface area contributed by atoms with Gasteiger partial charge in [0.25, 0.3) is 5.91 Å². The topological polar surface area (TPSA) is 134 Å². The second-order valence-corrected chi connectivity index (χ2v) is 6.52. The Morgan fingerprint density at radius 1 is 1.22 bits per heavy atom. The van der Waals surface area contributed by atoms with Gasteiger partial charge in [0, 0.05) is 31.7 Å². The van der Waals surface area contributed by atoms with Gasteiger partial charge >= 0.3 is 0 Å². The third kappa shape index (κ3) is 2.21. The molecule has 0 bridgehead atoms. The minimum absolute atomic E-state index is 0.0457. The summed E-state index contributed by atoms with van der Waals surface area (Å²) in [5.74, 6) is -2.31. The van der Waals surface area contributed by atoms with Crippen LogP contribution in [0.5, 0.6) is 0 Å². The Hall–Kier alpha value is -2.94. The molecular weight excluding hydrogens is 346 g/mol. The highest BCUT2D eigenvalue weighted by Gasteiger charge is 2.93. The van der Waals surface area contributed by atoms with E-state index in [1.807, 2.05) is 0 Å². The van der Waals surface area contributed by atoms with Crippen molar-refractivity contribution in [2.75, 3.05) is 18.5 Å². The van der Waals surface area contributed by atoms with Crippen LogP contribution in [0.1, 0.15) is 32.3 Å². The molecule has 27 heavy (non-hydrogen) atoms. The van der Waals surface area contributed by atoms with Crippen LogP contribution in [0, 0.1) is 33.5 Å². The second kappa shape index (κ2) is 6.34. The quantitative estimate of drug-likeness (QED) is 0.737. The molecule has 8 nitrogen and oxygen atoms in total. The first-order valence-corrected chi connectivity index (χ1v) is 8.72. The molecule has 1 aromatic rings. The number of amidine groups is 1. The fourth-order valence-corrected chi connectivity index (χ4v) is 4.21. The summed E-state index contributed by atoms with van der Waals surface area (Å²) in [4.78, 5) is 15.5. The zero-order chi connectivity index (χ0) is 19.9. The molecule has 1 aliphatic carbocycles. The minimum atomic E-state index is -1.62. The van der Waals surface area contributed by atoms with Crippen molar-refractivity contribution in [1.82, 2.24) is 0 Å². The van der Waals surface area contributed by atoms with Gasteiger partial charge in [-0.3, -0.25) is 4.79 Å². The average molecular weight is 367 g/mol. The third-order valence-electron chi connectivity index (χ3n) is 5.17. The highest BCUT2D eigenvalue weighted by molar-refractivity contribution is 6.00. The number of benzene rings is 1. The standard InChI is InChI=1S/C19H21N5O3/c1-4-26-19(27-5-2)18(11-21)15(17(18,10-20)16(22)24-19)13-6-8-14(9-7-13)23-12(3)25/h6-9,15H,4-5H2,1-3H3,(H2,22,24)(H,23,25)/t15-,17-,18+/m1/s1. The summed E-state index contributed by atoms with van der Waals surface area (Å²) in [6, 6.07) is 11.4. The number of fused-ring (bicyclic) bond motifs is 1. The number of nitrogens with two attached hydrogens (primary N) is 1. The molecule has 140 valence electrons. The summed E-state index contributed by atoms with van der Waals surface area (Å²) in [6.45, 7) is 5.45. The molecule has 0 unspecified atom stereocenters. The van der Waals surface area contributed by atoms with Crippen molar-refractivity contribution < 1.29 is 14.3 Å². The van der Waals surface area contributed by atoms with Gasteiger partial charge in [-0.25, -0.2) is 4.99 Å². The summed E-state index contributed by atoms with van der Waals surface area (Å²) in [7, 11) is 0. The number of aliphatic imine (C=N–C) groups is 1. The van der Waals surface area contributed by atoms with Gasteiger partial charge in [0.2, 0.25) is 5.91 Å². The molecule has 1 heterocycles. The summed E-state index contributed by atoms with van der Waals surface area (Å²) in [5.41, 5.74) is 4.81. The van der Waals surface area contributed by atoms with Crippen molar-refractivity contribution in [3.63, 3.8) is 0 Å². The number of ether oxygens (including phenoxy) is 2. The lowest BCUT2D eigenvalue weighted by molar-refractivity contribution is -0.255. The van der Waals surface area contributed by atoms with Crippen LogP contribution in [0.25, 0.3) is 0 Å². The Balaban J connectivity index is 2.10. The van der Waals surface area contributed by atoms with Crippen LogP contribution in [0.4, 0.5) is 5.69 Å². The van der Waals surface area contributed by atoms with Crippen molar-refractivity contribution >= 4 is 17.4 Å².